The predicted molar refractivity (Wildman–Crippen MR) is 82.0 cm³/mol. The van der Waals surface area contributed by atoms with Gasteiger partial charge in [-0.1, -0.05) is 19.1 Å². The minimum Gasteiger partial charge on any atom is -0.497 e. The van der Waals surface area contributed by atoms with Crippen molar-refractivity contribution in [3.05, 3.63) is 29.8 Å². The van der Waals surface area contributed by atoms with E-state index >= 15 is 0 Å². The summed E-state index contributed by atoms with van der Waals surface area (Å²) in [7, 11) is 1.61. The van der Waals surface area contributed by atoms with Gasteiger partial charge in [-0.05, 0) is 31.0 Å². The molecule has 1 aromatic carbocycles. The maximum Gasteiger partial charge on any atom is 0.242 e. The van der Waals surface area contributed by atoms with E-state index < -0.39 is 6.04 Å². The molecular formula is C16H24N2O3. The molecule has 2 amide bonds. The van der Waals surface area contributed by atoms with Crippen molar-refractivity contribution >= 4 is 11.8 Å². The molecule has 0 aliphatic rings. The van der Waals surface area contributed by atoms with E-state index in [1.807, 2.05) is 31.2 Å². The van der Waals surface area contributed by atoms with E-state index in [0.29, 0.717) is 13.1 Å². The van der Waals surface area contributed by atoms with Crippen molar-refractivity contribution < 1.29 is 14.3 Å². The van der Waals surface area contributed by atoms with E-state index in [1.165, 1.54) is 6.92 Å². The molecule has 1 aromatic rings. The minimum absolute atomic E-state index is 0.120. The fourth-order valence-electron chi connectivity index (χ4n) is 1.99. The zero-order valence-electron chi connectivity index (χ0n) is 13.2. The number of nitrogens with zero attached hydrogens (tertiary/aromatic N) is 1. The van der Waals surface area contributed by atoms with E-state index in [0.717, 1.165) is 17.7 Å². The Hall–Kier alpha value is -2.04. The summed E-state index contributed by atoms with van der Waals surface area (Å²) in [6.07, 6.45) is 0.872. The quantitative estimate of drug-likeness (QED) is 0.835. The maximum absolute atomic E-state index is 12.0. The summed E-state index contributed by atoms with van der Waals surface area (Å²) in [5, 5.41) is 2.82. The molecule has 0 aromatic heterocycles. The molecule has 0 saturated heterocycles. The van der Waals surface area contributed by atoms with Crippen LogP contribution in [0.15, 0.2) is 24.3 Å². The van der Waals surface area contributed by atoms with Crippen LogP contribution in [0.1, 0.15) is 32.8 Å². The highest BCUT2D eigenvalue weighted by Crippen LogP contribution is 2.14. The molecule has 116 valence electrons. The van der Waals surface area contributed by atoms with Crippen LogP contribution >= 0.6 is 0 Å². The normalized spacial score (nSPS) is 11.6. The number of ether oxygens (including phenoxy) is 1. The zero-order valence-corrected chi connectivity index (χ0v) is 13.2. The van der Waals surface area contributed by atoms with Crippen LogP contribution in [-0.2, 0) is 16.1 Å². The SMILES string of the molecule is CCCNC(=O)[C@@H](C)N(Cc1ccc(OC)cc1)C(C)=O. The molecule has 1 N–H and O–H groups in total. The summed E-state index contributed by atoms with van der Waals surface area (Å²) in [5.74, 6) is 0.521. The average molecular weight is 292 g/mol. The van der Waals surface area contributed by atoms with Crippen LogP contribution in [0.5, 0.6) is 5.75 Å². The zero-order chi connectivity index (χ0) is 15.8. The first kappa shape index (κ1) is 17.0. The second-order valence-electron chi connectivity index (χ2n) is 4.96. The third-order valence-electron chi connectivity index (χ3n) is 3.31. The molecule has 0 fully saturated rings. The largest absolute Gasteiger partial charge is 0.497 e. The van der Waals surface area contributed by atoms with Crippen LogP contribution in [0.2, 0.25) is 0 Å². The van der Waals surface area contributed by atoms with E-state index in [9.17, 15) is 9.59 Å². The molecule has 21 heavy (non-hydrogen) atoms. The molecular weight excluding hydrogens is 268 g/mol. The van der Waals surface area contributed by atoms with Gasteiger partial charge in [-0.25, -0.2) is 0 Å². The molecule has 0 spiro atoms. The summed E-state index contributed by atoms with van der Waals surface area (Å²) in [6.45, 7) is 6.24. The van der Waals surface area contributed by atoms with Gasteiger partial charge in [0.05, 0.1) is 7.11 Å². The summed E-state index contributed by atoms with van der Waals surface area (Å²) >= 11 is 0. The topological polar surface area (TPSA) is 58.6 Å². The molecule has 5 nitrogen and oxygen atoms in total. The summed E-state index contributed by atoms with van der Waals surface area (Å²) in [5.41, 5.74) is 0.959. The number of rotatable bonds is 7. The van der Waals surface area contributed by atoms with Gasteiger partial charge in [0.1, 0.15) is 11.8 Å². The van der Waals surface area contributed by atoms with Gasteiger partial charge in [0, 0.05) is 20.0 Å². The molecule has 0 unspecified atom stereocenters. The number of methoxy groups -OCH3 is 1. The number of carbonyl (C=O) groups is 2. The molecule has 0 bridgehead atoms. The van der Waals surface area contributed by atoms with Crippen molar-refractivity contribution in [2.24, 2.45) is 0 Å². The molecule has 0 heterocycles. The lowest BCUT2D eigenvalue weighted by Gasteiger charge is -2.27. The van der Waals surface area contributed by atoms with Gasteiger partial charge in [0.25, 0.3) is 0 Å². The number of carbonyl (C=O) groups excluding carboxylic acids is 2. The summed E-state index contributed by atoms with van der Waals surface area (Å²) < 4.78 is 5.11. The smallest absolute Gasteiger partial charge is 0.242 e. The van der Waals surface area contributed by atoms with E-state index in [4.69, 9.17) is 4.74 Å². The van der Waals surface area contributed by atoms with Crippen molar-refractivity contribution in [1.82, 2.24) is 10.2 Å². The highest BCUT2D eigenvalue weighted by atomic mass is 16.5. The summed E-state index contributed by atoms with van der Waals surface area (Å²) in [4.78, 5) is 25.4. The fourth-order valence-corrected chi connectivity index (χ4v) is 1.99. The van der Waals surface area contributed by atoms with Crippen LogP contribution in [0.25, 0.3) is 0 Å². The van der Waals surface area contributed by atoms with Gasteiger partial charge in [0.2, 0.25) is 11.8 Å². The van der Waals surface area contributed by atoms with Gasteiger partial charge in [-0.15, -0.1) is 0 Å². The number of nitrogens with one attached hydrogen (secondary N) is 1. The Morgan fingerprint density at radius 1 is 1.29 bits per heavy atom. The Balaban J connectivity index is 2.76. The second kappa shape index (κ2) is 8.29. The van der Waals surface area contributed by atoms with Crippen molar-refractivity contribution in [3.63, 3.8) is 0 Å². The minimum atomic E-state index is -0.490. The highest BCUT2D eigenvalue weighted by Gasteiger charge is 2.23. The Morgan fingerprint density at radius 2 is 1.90 bits per heavy atom. The van der Waals surface area contributed by atoms with Crippen molar-refractivity contribution in [2.75, 3.05) is 13.7 Å². The first-order chi connectivity index (χ1) is 9.99. The second-order valence-corrected chi connectivity index (χ2v) is 4.96. The Kier molecular flexibility index (Phi) is 6.72. The van der Waals surface area contributed by atoms with Crippen molar-refractivity contribution in [1.29, 1.82) is 0 Å². The van der Waals surface area contributed by atoms with E-state index in [1.54, 1.807) is 18.9 Å². The van der Waals surface area contributed by atoms with Gasteiger partial charge < -0.3 is 15.0 Å². The van der Waals surface area contributed by atoms with E-state index in [-0.39, 0.29) is 11.8 Å². The number of amides is 2. The van der Waals surface area contributed by atoms with Crippen LogP contribution in [0.3, 0.4) is 0 Å². The molecule has 0 radical (unpaired) electrons. The van der Waals surface area contributed by atoms with Gasteiger partial charge >= 0.3 is 0 Å². The third-order valence-corrected chi connectivity index (χ3v) is 3.31. The van der Waals surface area contributed by atoms with Gasteiger partial charge in [0.15, 0.2) is 0 Å². The molecule has 1 atom stereocenters. The van der Waals surface area contributed by atoms with Crippen LogP contribution in [-0.4, -0.2) is 36.4 Å². The fraction of sp³-hybridized carbons (Fsp3) is 0.500. The van der Waals surface area contributed by atoms with Gasteiger partial charge in [-0.2, -0.15) is 0 Å². The standard InChI is InChI=1S/C16H24N2O3/c1-5-10-17-16(20)12(2)18(13(3)19)11-14-6-8-15(21-4)9-7-14/h6-9,12H,5,10-11H2,1-4H3,(H,17,20)/t12-/m1/s1. The maximum atomic E-state index is 12.0. The van der Waals surface area contributed by atoms with Crippen molar-refractivity contribution in [2.45, 2.75) is 39.8 Å². The first-order valence-corrected chi connectivity index (χ1v) is 7.17. The number of hydrogen-bond donors (Lipinski definition) is 1. The van der Waals surface area contributed by atoms with Crippen LogP contribution in [0, 0.1) is 0 Å². The molecule has 0 saturated carbocycles. The lowest BCUT2D eigenvalue weighted by atomic mass is 10.1. The molecule has 5 heteroatoms. The molecule has 0 aliphatic heterocycles. The van der Waals surface area contributed by atoms with Crippen molar-refractivity contribution in [3.8, 4) is 5.75 Å². The number of hydrogen-bond acceptors (Lipinski definition) is 3. The highest BCUT2D eigenvalue weighted by molar-refractivity contribution is 5.86. The Morgan fingerprint density at radius 3 is 2.38 bits per heavy atom. The monoisotopic (exact) mass is 292 g/mol. The van der Waals surface area contributed by atoms with Gasteiger partial charge in [-0.3, -0.25) is 9.59 Å². The molecule has 1 rings (SSSR count). The molecule has 0 aliphatic carbocycles. The number of benzene rings is 1. The van der Waals surface area contributed by atoms with Crippen LogP contribution < -0.4 is 10.1 Å². The Bertz CT molecular complexity index is 471. The predicted octanol–water partition coefficient (Wildman–Crippen LogP) is 1.96. The van der Waals surface area contributed by atoms with E-state index in [2.05, 4.69) is 5.32 Å². The first-order valence-electron chi connectivity index (χ1n) is 7.17. The van der Waals surface area contributed by atoms with Crippen LogP contribution in [0.4, 0.5) is 0 Å². The lowest BCUT2D eigenvalue weighted by Crippen LogP contribution is -2.47. The lowest BCUT2D eigenvalue weighted by molar-refractivity contribution is -0.138. The third kappa shape index (κ3) is 5.10. The summed E-state index contributed by atoms with van der Waals surface area (Å²) in [6, 6.07) is 6.98. The Labute approximate surface area is 126 Å². The average Bonchev–Trinajstić information content (AvgIpc) is 2.49.